The van der Waals surface area contributed by atoms with Gasteiger partial charge in [0, 0.05) is 25.7 Å². The third kappa shape index (κ3) is 49.2. The molecule has 2 saturated heterocycles. The highest BCUT2D eigenvalue weighted by molar-refractivity contribution is 7.47. The van der Waals surface area contributed by atoms with Crippen molar-refractivity contribution in [2.45, 2.75) is 504 Å². The van der Waals surface area contributed by atoms with Gasteiger partial charge in [-0.05, 0) is 51.4 Å². The fraction of sp³-hybridized carbons (Fsp3) is 0.933. The number of phosphoric ester groups is 1. The Kier molecular flexibility index (Phi) is 63.6. The van der Waals surface area contributed by atoms with E-state index in [0.717, 1.165) is 122 Å². The van der Waals surface area contributed by atoms with Crippen LogP contribution in [0.1, 0.15) is 400 Å². The first-order chi connectivity index (χ1) is 55.7. The van der Waals surface area contributed by atoms with Gasteiger partial charge in [0.05, 0.1) is 13.2 Å². The Hall–Kier alpha value is -2.79. The van der Waals surface area contributed by atoms with Gasteiger partial charge < -0.3 is 88.7 Å². The number of carbonyl (C=O) groups is 4. The lowest BCUT2D eigenvalue weighted by atomic mass is 9.84. The highest BCUT2D eigenvalue weighted by Crippen LogP contribution is 2.49. The summed E-state index contributed by atoms with van der Waals surface area (Å²) in [5.74, 6) is -2.97. The molecule has 0 amide bonds. The molecule has 676 valence electrons. The van der Waals surface area contributed by atoms with Gasteiger partial charge in [-0.2, -0.15) is 0 Å². The van der Waals surface area contributed by atoms with Crippen LogP contribution >= 0.6 is 7.82 Å². The summed E-state index contributed by atoms with van der Waals surface area (Å²) < 4.78 is 73.3. The number of unbranched alkanes of at least 4 members (excludes halogenated alkanes) is 49. The Balaban J connectivity index is 1.92. The number of allylic oxidation sites excluding steroid dienone is 2. The van der Waals surface area contributed by atoms with Crippen LogP contribution in [0.4, 0.5) is 0 Å². The lowest BCUT2D eigenvalue weighted by Gasteiger charge is -2.50. The second kappa shape index (κ2) is 68.7. The largest absolute Gasteiger partial charge is 0.472 e. The number of phosphoric acid groups is 1. The minimum atomic E-state index is -5.80. The van der Waals surface area contributed by atoms with Crippen LogP contribution in [0, 0.1) is 0 Å². The highest BCUT2D eigenvalue weighted by Gasteiger charge is 2.60. The van der Waals surface area contributed by atoms with Crippen LogP contribution < -0.4 is 0 Å². The molecule has 1 aliphatic carbocycles. The third-order valence-electron chi connectivity index (χ3n) is 22.8. The fourth-order valence-corrected chi connectivity index (χ4v) is 16.3. The van der Waals surface area contributed by atoms with Crippen molar-refractivity contribution < 1.29 is 122 Å². The number of hydrogen-bond acceptors (Lipinski definition) is 24. The minimum Gasteiger partial charge on any atom is -0.463 e. The van der Waals surface area contributed by atoms with E-state index in [2.05, 4.69) is 39.8 Å². The van der Waals surface area contributed by atoms with Crippen LogP contribution in [-0.4, -0.2) is 205 Å². The molecule has 0 aromatic heterocycles. The smallest absolute Gasteiger partial charge is 0.463 e. The zero-order chi connectivity index (χ0) is 84.0. The van der Waals surface area contributed by atoms with Crippen LogP contribution in [-0.2, 0) is 70.7 Å². The highest BCUT2D eigenvalue weighted by atomic mass is 31.2. The quantitative estimate of drug-likeness (QED) is 0.00889. The third-order valence-corrected chi connectivity index (χ3v) is 23.8. The van der Waals surface area contributed by atoms with Crippen molar-refractivity contribution in [3.8, 4) is 0 Å². The zero-order valence-corrected chi connectivity index (χ0v) is 72.7. The standard InChI is InChI=1S/C89H165O25P/c1-5-9-13-17-21-25-29-33-35-39-42-46-50-54-58-62-73(92)106-68-71-77(96)79(98)83(102)89(110-71)113-86-84(111-75(94)64-60-56-52-48-43-38-32-28-24-20-16-12-8-4)80(99)81(100)85(112-88-82(101)78(97)76(95)70(65-90)109-88)87(86)114-115(103,104)107-67-69(66-105-72(91)61-57-53-49-45-41-37-31-27-23-19-15-11-7-3)108-74(93)63-59-55-51-47-44-40-36-34-30-26-22-18-14-10-6-2/h38,43,69-71,76-90,95-102H,5-37,39-42,44-68H2,1-4H3,(H,103,104)/b43-38-. The van der Waals surface area contributed by atoms with Gasteiger partial charge >= 0.3 is 31.7 Å². The normalized spacial score (nSPS) is 25.3. The van der Waals surface area contributed by atoms with Crippen LogP contribution in [0.15, 0.2) is 12.2 Å². The van der Waals surface area contributed by atoms with Gasteiger partial charge in [-0.25, -0.2) is 4.57 Å². The topological polar surface area (TPSA) is 380 Å². The summed E-state index contributed by atoms with van der Waals surface area (Å²) in [6.07, 6.45) is 26.5. The van der Waals surface area contributed by atoms with E-state index in [1.807, 2.05) is 0 Å². The van der Waals surface area contributed by atoms with E-state index < -0.39 is 162 Å². The first-order valence-electron chi connectivity index (χ1n) is 46.4. The van der Waals surface area contributed by atoms with Crippen molar-refractivity contribution in [2.75, 3.05) is 26.4 Å². The molecule has 1 saturated carbocycles. The van der Waals surface area contributed by atoms with E-state index in [4.69, 9.17) is 46.9 Å². The molecule has 25 nitrogen and oxygen atoms in total. The van der Waals surface area contributed by atoms with E-state index in [1.165, 1.54) is 186 Å². The molecule has 0 bridgehead atoms. The average molecular weight is 1670 g/mol. The Morgan fingerprint density at radius 1 is 0.339 bits per heavy atom. The summed E-state index contributed by atoms with van der Waals surface area (Å²) >= 11 is 0. The summed E-state index contributed by atoms with van der Waals surface area (Å²) in [6.45, 7) is 5.59. The van der Waals surface area contributed by atoms with Gasteiger partial charge in [0.1, 0.15) is 92.6 Å². The van der Waals surface area contributed by atoms with Crippen molar-refractivity contribution in [1.29, 1.82) is 0 Å². The van der Waals surface area contributed by atoms with Crippen molar-refractivity contribution in [3.05, 3.63) is 12.2 Å². The average Bonchev–Trinajstić information content (AvgIpc) is 0.754. The molecule has 115 heavy (non-hydrogen) atoms. The minimum absolute atomic E-state index is 0.0173. The predicted octanol–water partition coefficient (Wildman–Crippen LogP) is 16.8. The van der Waals surface area contributed by atoms with Gasteiger partial charge in [0.15, 0.2) is 24.8 Å². The van der Waals surface area contributed by atoms with Crippen LogP contribution in [0.2, 0.25) is 0 Å². The first-order valence-corrected chi connectivity index (χ1v) is 47.9. The van der Waals surface area contributed by atoms with Crippen LogP contribution in [0.3, 0.4) is 0 Å². The molecular formula is C89H165O25P. The molecule has 3 aliphatic rings. The van der Waals surface area contributed by atoms with Crippen LogP contribution in [0.5, 0.6) is 0 Å². The second-order valence-corrected chi connectivity index (χ2v) is 34.6. The first kappa shape index (κ1) is 106. The van der Waals surface area contributed by atoms with E-state index in [9.17, 15) is 74.6 Å². The van der Waals surface area contributed by atoms with Crippen molar-refractivity contribution >= 4 is 31.7 Å². The Morgan fingerprint density at radius 3 is 1.04 bits per heavy atom. The predicted molar refractivity (Wildman–Crippen MR) is 444 cm³/mol. The fourth-order valence-electron chi connectivity index (χ4n) is 15.4. The zero-order valence-electron chi connectivity index (χ0n) is 71.9. The number of carbonyl (C=O) groups excluding carboxylic acids is 4. The molecule has 18 unspecified atom stereocenters. The van der Waals surface area contributed by atoms with Gasteiger partial charge in [-0.15, -0.1) is 0 Å². The van der Waals surface area contributed by atoms with Crippen LogP contribution in [0.25, 0.3) is 0 Å². The molecule has 2 heterocycles. The SMILES string of the molecule is CCCCCCCC/C=C\CCCCCC(=O)OC1C(O)C(O)C(OC2OC(CO)C(O)C(O)C2O)C(OP(=O)(O)OCC(COC(=O)CCCCCCCCCCCCCCC)OC(=O)CCCCCCCCCCCCCCCCC)C1OC1OC(COC(=O)CCCCCCCCCCCCCCCCC)C(O)C(O)C1O. The number of ether oxygens (including phenoxy) is 8. The van der Waals surface area contributed by atoms with E-state index in [1.54, 1.807) is 0 Å². The van der Waals surface area contributed by atoms with Gasteiger partial charge in [0.2, 0.25) is 0 Å². The maximum atomic E-state index is 14.9. The maximum Gasteiger partial charge on any atom is 0.472 e. The molecule has 10 N–H and O–H groups in total. The Bertz CT molecular complexity index is 2440. The molecule has 2 aliphatic heterocycles. The number of aliphatic hydroxyl groups is 9. The Labute approximate surface area is 692 Å². The second-order valence-electron chi connectivity index (χ2n) is 33.2. The summed E-state index contributed by atoms with van der Waals surface area (Å²) in [5.41, 5.74) is 0. The van der Waals surface area contributed by atoms with Gasteiger partial charge in [0.25, 0.3) is 0 Å². The summed E-state index contributed by atoms with van der Waals surface area (Å²) in [6, 6.07) is 0. The monoisotopic (exact) mass is 1670 g/mol. The molecule has 0 radical (unpaired) electrons. The lowest BCUT2D eigenvalue weighted by molar-refractivity contribution is -0.360. The molecule has 0 aromatic rings. The molecular weight excluding hydrogens is 1500 g/mol. The number of hydrogen-bond donors (Lipinski definition) is 10. The summed E-state index contributed by atoms with van der Waals surface area (Å²) in [5, 5.41) is 102. The van der Waals surface area contributed by atoms with Gasteiger partial charge in [-0.3, -0.25) is 28.2 Å². The summed E-state index contributed by atoms with van der Waals surface area (Å²) in [4.78, 5) is 66.4. The van der Waals surface area contributed by atoms with Crippen molar-refractivity contribution in [3.63, 3.8) is 0 Å². The number of esters is 4. The van der Waals surface area contributed by atoms with E-state index in [0.29, 0.717) is 32.1 Å². The molecule has 3 fully saturated rings. The van der Waals surface area contributed by atoms with E-state index in [-0.39, 0.29) is 32.1 Å². The molecule has 0 spiro atoms. The van der Waals surface area contributed by atoms with E-state index >= 15 is 0 Å². The molecule has 3 rings (SSSR count). The molecule has 0 aromatic carbocycles. The molecule has 18 atom stereocenters. The number of aliphatic hydroxyl groups excluding tert-OH is 9. The maximum absolute atomic E-state index is 14.9. The van der Waals surface area contributed by atoms with Gasteiger partial charge in [-0.1, -0.05) is 335 Å². The van der Waals surface area contributed by atoms with Crippen molar-refractivity contribution in [2.24, 2.45) is 0 Å². The molecule has 26 heteroatoms. The lowest BCUT2D eigenvalue weighted by Crippen LogP contribution is -2.70. The number of rotatable bonds is 75. The summed E-state index contributed by atoms with van der Waals surface area (Å²) in [7, 11) is -5.80. The van der Waals surface area contributed by atoms with Crippen molar-refractivity contribution in [1.82, 2.24) is 0 Å². The Morgan fingerprint density at radius 2 is 0.652 bits per heavy atom.